The van der Waals surface area contributed by atoms with Gasteiger partial charge in [-0.2, -0.15) is 0 Å². The minimum Gasteiger partial charge on any atom is -0.323 e. The molecule has 1 aromatic carbocycles. The van der Waals surface area contributed by atoms with E-state index in [0.29, 0.717) is 5.92 Å². The Morgan fingerprint density at radius 2 is 1.91 bits per heavy atom. The summed E-state index contributed by atoms with van der Waals surface area (Å²) in [6.45, 7) is 6.57. The summed E-state index contributed by atoms with van der Waals surface area (Å²) in [5.74, 6) is 0.664. The van der Waals surface area contributed by atoms with Gasteiger partial charge in [-0.3, -0.25) is 5.10 Å². The maximum absolute atomic E-state index is 6.43. The molecule has 0 bridgehead atoms. The number of rotatable bonds is 8. The normalized spacial score (nSPS) is 14.0. The highest BCUT2D eigenvalue weighted by Crippen LogP contribution is 2.29. The van der Waals surface area contributed by atoms with Gasteiger partial charge in [0.15, 0.2) is 0 Å². The number of aryl methyl sites for hydroxylation is 1. The lowest BCUT2D eigenvalue weighted by atomic mass is 9.90. The molecular weight excluding hydrogens is 272 g/mol. The van der Waals surface area contributed by atoms with Gasteiger partial charge in [-0.25, -0.2) is 0 Å². The third kappa shape index (κ3) is 4.17. The molecule has 4 heteroatoms. The molecule has 0 saturated carbocycles. The van der Waals surface area contributed by atoms with Crippen LogP contribution in [0.1, 0.15) is 63.3 Å². The lowest BCUT2D eigenvalue weighted by Gasteiger charge is -2.19. The van der Waals surface area contributed by atoms with Gasteiger partial charge in [-0.1, -0.05) is 74.6 Å². The largest absolute Gasteiger partial charge is 0.323 e. The number of unbranched alkanes of at least 4 members (excludes halogenated alkanes) is 1. The number of nitrogens with two attached hydrogens (primary N) is 1. The fourth-order valence-electron chi connectivity index (χ4n) is 2.88. The molecule has 0 aliphatic carbocycles. The maximum atomic E-state index is 6.43. The molecule has 0 aliphatic rings. The Bertz CT molecular complexity index is 559. The summed E-state index contributed by atoms with van der Waals surface area (Å²) in [6, 6.07) is 8.32. The molecule has 2 unspecified atom stereocenters. The van der Waals surface area contributed by atoms with E-state index in [1.165, 1.54) is 31.2 Å². The summed E-state index contributed by atoms with van der Waals surface area (Å²) in [6.07, 6.45) is 5.91. The molecule has 0 spiro atoms. The van der Waals surface area contributed by atoms with E-state index in [4.69, 9.17) is 5.73 Å². The highest BCUT2D eigenvalue weighted by atomic mass is 15.3. The van der Waals surface area contributed by atoms with E-state index in [1.807, 2.05) is 0 Å². The lowest BCUT2D eigenvalue weighted by molar-refractivity contribution is 0.385. The Balaban J connectivity index is 2.12. The lowest BCUT2D eigenvalue weighted by Crippen LogP contribution is -2.16. The maximum Gasteiger partial charge on any atom is 0.107 e. The Labute approximate surface area is 133 Å². The van der Waals surface area contributed by atoms with Gasteiger partial charge < -0.3 is 5.73 Å². The van der Waals surface area contributed by atoms with Gasteiger partial charge in [0.1, 0.15) is 5.69 Å². The first-order valence-electron chi connectivity index (χ1n) is 8.39. The first-order chi connectivity index (χ1) is 10.7. The third-order valence-corrected chi connectivity index (χ3v) is 4.40. The minimum atomic E-state index is -0.0585. The topological polar surface area (TPSA) is 67.6 Å². The van der Waals surface area contributed by atoms with E-state index < -0.39 is 0 Å². The number of hydrogen-bond donors (Lipinski definition) is 2. The Morgan fingerprint density at radius 3 is 2.55 bits per heavy atom. The van der Waals surface area contributed by atoms with Crippen LogP contribution in [0.2, 0.25) is 0 Å². The smallest absolute Gasteiger partial charge is 0.107 e. The van der Waals surface area contributed by atoms with Crippen molar-refractivity contribution in [3.05, 3.63) is 35.5 Å². The van der Waals surface area contributed by atoms with Crippen molar-refractivity contribution in [2.75, 3.05) is 0 Å². The molecular formula is C18H28N4. The summed E-state index contributed by atoms with van der Waals surface area (Å²) < 4.78 is 0. The Morgan fingerprint density at radius 1 is 1.18 bits per heavy atom. The van der Waals surface area contributed by atoms with Crippen molar-refractivity contribution in [3.8, 4) is 11.3 Å². The first-order valence-corrected chi connectivity index (χ1v) is 8.39. The van der Waals surface area contributed by atoms with Crippen molar-refractivity contribution in [3.63, 3.8) is 0 Å². The zero-order valence-electron chi connectivity index (χ0n) is 14.0. The number of H-pyrrole nitrogens is 1. The monoisotopic (exact) mass is 300 g/mol. The van der Waals surface area contributed by atoms with Crippen molar-refractivity contribution in [1.82, 2.24) is 15.4 Å². The van der Waals surface area contributed by atoms with Gasteiger partial charge >= 0.3 is 0 Å². The Kier molecular flexibility index (Phi) is 6.13. The van der Waals surface area contributed by atoms with Crippen molar-refractivity contribution in [1.29, 1.82) is 0 Å². The highest BCUT2D eigenvalue weighted by Gasteiger charge is 2.20. The molecule has 2 atom stereocenters. The van der Waals surface area contributed by atoms with E-state index in [2.05, 4.69) is 60.4 Å². The predicted octanol–water partition coefficient (Wildman–Crippen LogP) is 4.39. The standard InChI is InChI=1S/C18H28N4/c1-4-6-7-14(5-2)12-16(19)18-17(20-22-21-18)15-10-8-13(3)9-11-15/h8-11,14,16H,4-7,12,19H2,1-3H3,(H,20,21,22). The Hall–Kier alpha value is -1.68. The molecule has 0 aliphatic heterocycles. The number of aromatic nitrogens is 3. The highest BCUT2D eigenvalue weighted by molar-refractivity contribution is 5.62. The second kappa shape index (κ2) is 8.08. The van der Waals surface area contributed by atoms with Gasteiger partial charge in [0.2, 0.25) is 0 Å². The van der Waals surface area contributed by atoms with Crippen LogP contribution in [0, 0.1) is 12.8 Å². The molecule has 3 N–H and O–H groups in total. The first kappa shape index (κ1) is 16.7. The average Bonchev–Trinajstić information content (AvgIpc) is 3.01. The molecule has 22 heavy (non-hydrogen) atoms. The fourth-order valence-corrected chi connectivity index (χ4v) is 2.88. The van der Waals surface area contributed by atoms with Gasteiger partial charge in [-0.05, 0) is 19.3 Å². The molecule has 4 nitrogen and oxygen atoms in total. The summed E-state index contributed by atoms with van der Waals surface area (Å²) >= 11 is 0. The van der Waals surface area contributed by atoms with Crippen molar-refractivity contribution < 1.29 is 0 Å². The average molecular weight is 300 g/mol. The van der Waals surface area contributed by atoms with Gasteiger partial charge in [0.25, 0.3) is 0 Å². The predicted molar refractivity (Wildman–Crippen MR) is 91.4 cm³/mol. The summed E-state index contributed by atoms with van der Waals surface area (Å²) in [5.41, 5.74) is 10.6. The number of hydrogen-bond acceptors (Lipinski definition) is 3. The van der Waals surface area contributed by atoms with Crippen LogP contribution in [0.15, 0.2) is 24.3 Å². The minimum absolute atomic E-state index is 0.0585. The number of nitrogens with one attached hydrogen (secondary N) is 1. The van der Waals surface area contributed by atoms with Crippen molar-refractivity contribution in [2.24, 2.45) is 11.7 Å². The fraction of sp³-hybridized carbons (Fsp3) is 0.556. The van der Waals surface area contributed by atoms with Gasteiger partial charge in [-0.15, -0.1) is 5.10 Å². The van der Waals surface area contributed by atoms with Crippen LogP contribution < -0.4 is 5.73 Å². The van der Waals surface area contributed by atoms with Crippen LogP contribution in [0.25, 0.3) is 11.3 Å². The second-order valence-corrected chi connectivity index (χ2v) is 6.20. The van der Waals surface area contributed by atoms with Crippen LogP contribution >= 0.6 is 0 Å². The molecule has 1 heterocycles. The number of benzene rings is 1. The molecule has 2 rings (SSSR count). The molecule has 1 aromatic heterocycles. The van der Waals surface area contributed by atoms with E-state index >= 15 is 0 Å². The van der Waals surface area contributed by atoms with Gasteiger partial charge in [0.05, 0.1) is 11.7 Å². The zero-order valence-corrected chi connectivity index (χ0v) is 14.0. The van der Waals surface area contributed by atoms with Crippen LogP contribution in [-0.4, -0.2) is 15.4 Å². The molecule has 120 valence electrons. The van der Waals surface area contributed by atoms with E-state index in [-0.39, 0.29) is 6.04 Å². The van der Waals surface area contributed by atoms with Gasteiger partial charge in [0, 0.05) is 5.56 Å². The zero-order chi connectivity index (χ0) is 15.9. The summed E-state index contributed by atoms with van der Waals surface area (Å²) in [5, 5.41) is 11.3. The molecule has 0 saturated heterocycles. The van der Waals surface area contributed by atoms with E-state index in [0.717, 1.165) is 23.4 Å². The van der Waals surface area contributed by atoms with E-state index in [9.17, 15) is 0 Å². The van der Waals surface area contributed by atoms with Crippen LogP contribution in [0.4, 0.5) is 0 Å². The SMILES string of the molecule is CCCCC(CC)CC(N)c1nn[nH]c1-c1ccc(C)cc1. The molecule has 2 aromatic rings. The molecule has 0 amide bonds. The van der Waals surface area contributed by atoms with Crippen LogP contribution in [0.5, 0.6) is 0 Å². The quantitative estimate of drug-likeness (QED) is 0.760. The number of nitrogens with zero attached hydrogens (tertiary/aromatic N) is 2. The molecule has 0 fully saturated rings. The summed E-state index contributed by atoms with van der Waals surface area (Å²) in [7, 11) is 0. The van der Waals surface area contributed by atoms with Crippen LogP contribution in [-0.2, 0) is 0 Å². The number of aromatic amines is 1. The third-order valence-electron chi connectivity index (χ3n) is 4.40. The van der Waals surface area contributed by atoms with E-state index in [1.54, 1.807) is 0 Å². The van der Waals surface area contributed by atoms with Crippen LogP contribution in [0.3, 0.4) is 0 Å². The van der Waals surface area contributed by atoms with Crippen molar-refractivity contribution in [2.45, 2.75) is 58.9 Å². The summed E-state index contributed by atoms with van der Waals surface area (Å²) in [4.78, 5) is 0. The van der Waals surface area contributed by atoms with Crippen molar-refractivity contribution >= 4 is 0 Å². The second-order valence-electron chi connectivity index (χ2n) is 6.20. The molecule has 0 radical (unpaired) electrons.